The van der Waals surface area contributed by atoms with Crippen molar-refractivity contribution in [2.75, 3.05) is 17.2 Å². The van der Waals surface area contributed by atoms with Crippen LogP contribution in [-0.4, -0.2) is 17.0 Å². The van der Waals surface area contributed by atoms with E-state index in [2.05, 4.69) is 6.92 Å². The van der Waals surface area contributed by atoms with Gasteiger partial charge < -0.3 is 15.2 Å². The van der Waals surface area contributed by atoms with Gasteiger partial charge in [-0.25, -0.2) is 0 Å². The highest BCUT2D eigenvalue weighted by atomic mass is 16.2. The number of aryl methyl sites for hydroxylation is 2. The number of carbonyl (C=O) groups excluding carboxylic acids is 1. The fourth-order valence-electron chi connectivity index (χ4n) is 2.44. The summed E-state index contributed by atoms with van der Waals surface area (Å²) in [5.41, 5.74) is 9.23. The second-order valence-corrected chi connectivity index (χ2v) is 5.24. The van der Waals surface area contributed by atoms with Gasteiger partial charge >= 0.3 is 0 Å². The Labute approximate surface area is 126 Å². The lowest BCUT2D eigenvalue weighted by atomic mass is 10.2. The quantitative estimate of drug-likeness (QED) is 0.914. The largest absolute Gasteiger partial charge is 0.397 e. The van der Waals surface area contributed by atoms with E-state index in [0.29, 0.717) is 17.9 Å². The number of carbonyl (C=O) groups is 1. The number of anilines is 2. The van der Waals surface area contributed by atoms with Crippen molar-refractivity contribution in [1.29, 1.82) is 0 Å². The summed E-state index contributed by atoms with van der Waals surface area (Å²) < 4.78 is 1.94. The van der Waals surface area contributed by atoms with Crippen molar-refractivity contribution in [3.05, 3.63) is 47.8 Å². The third-order valence-electron chi connectivity index (χ3n) is 3.51. The van der Waals surface area contributed by atoms with Crippen LogP contribution >= 0.6 is 0 Å². The van der Waals surface area contributed by atoms with Gasteiger partial charge in [0.05, 0.1) is 5.69 Å². The summed E-state index contributed by atoms with van der Waals surface area (Å²) in [5.74, 6) is -0.00787. The first-order valence-corrected chi connectivity index (χ1v) is 7.41. The van der Waals surface area contributed by atoms with E-state index in [0.717, 1.165) is 18.7 Å². The van der Waals surface area contributed by atoms with Crippen molar-refractivity contribution < 1.29 is 4.79 Å². The van der Waals surface area contributed by atoms with Crippen LogP contribution < -0.4 is 10.6 Å². The Morgan fingerprint density at radius 3 is 2.48 bits per heavy atom. The number of aromatic nitrogens is 1. The van der Waals surface area contributed by atoms with Crippen LogP contribution in [0.3, 0.4) is 0 Å². The molecule has 4 nitrogen and oxygen atoms in total. The highest BCUT2D eigenvalue weighted by molar-refractivity contribution is 6.05. The van der Waals surface area contributed by atoms with Crippen molar-refractivity contribution >= 4 is 17.3 Å². The fraction of sp³-hybridized carbons (Fsp3) is 0.353. The third-order valence-corrected chi connectivity index (χ3v) is 3.51. The lowest BCUT2D eigenvalue weighted by Crippen LogP contribution is -2.32. The van der Waals surface area contributed by atoms with Crippen LogP contribution in [0.25, 0.3) is 0 Å². The normalized spacial score (nSPS) is 10.6. The zero-order valence-corrected chi connectivity index (χ0v) is 13.0. The molecule has 1 aromatic heterocycles. The van der Waals surface area contributed by atoms with Crippen LogP contribution in [0.2, 0.25) is 0 Å². The molecule has 0 aliphatic carbocycles. The Hall–Kier alpha value is -2.23. The summed E-state index contributed by atoms with van der Waals surface area (Å²) >= 11 is 0. The Morgan fingerprint density at radius 2 is 1.90 bits per heavy atom. The van der Waals surface area contributed by atoms with Crippen LogP contribution in [-0.2, 0) is 6.54 Å². The van der Waals surface area contributed by atoms with Crippen LogP contribution in [0.5, 0.6) is 0 Å². The summed E-state index contributed by atoms with van der Waals surface area (Å²) in [6.07, 6.45) is 2.80. The number of nitrogen functional groups attached to an aromatic ring is 1. The predicted octanol–water partition coefficient (Wildman–Crippen LogP) is 3.46. The van der Waals surface area contributed by atoms with Crippen LogP contribution in [0, 0.1) is 6.92 Å². The van der Waals surface area contributed by atoms with Crippen LogP contribution in [0.15, 0.2) is 36.5 Å². The number of benzene rings is 1. The second-order valence-electron chi connectivity index (χ2n) is 5.24. The van der Waals surface area contributed by atoms with Crippen molar-refractivity contribution in [2.45, 2.75) is 33.7 Å². The molecule has 0 fully saturated rings. The molecular formula is C17H23N3O. The topological polar surface area (TPSA) is 51.3 Å². The molecule has 2 aromatic rings. The first-order valence-electron chi connectivity index (χ1n) is 7.41. The molecule has 0 aliphatic heterocycles. The molecular weight excluding hydrogens is 262 g/mol. The number of nitrogens with zero attached hydrogens (tertiary/aromatic N) is 2. The molecule has 0 atom stereocenters. The molecule has 2 N–H and O–H groups in total. The molecule has 21 heavy (non-hydrogen) atoms. The van der Waals surface area contributed by atoms with Crippen molar-refractivity contribution in [1.82, 2.24) is 4.57 Å². The Balaban J connectivity index is 2.34. The zero-order chi connectivity index (χ0) is 15.4. The standard InChI is InChI=1S/C17H23N3O/c1-4-10-19-12-14(18)11-16(19)17(21)20(5-2)15-8-6-13(3)7-9-15/h6-9,11-12H,4-5,10,18H2,1-3H3. The molecule has 0 saturated heterocycles. The van der Waals surface area contributed by atoms with Gasteiger partial charge in [0.1, 0.15) is 5.69 Å². The lowest BCUT2D eigenvalue weighted by molar-refractivity contribution is 0.0979. The Bertz CT molecular complexity index is 613. The maximum Gasteiger partial charge on any atom is 0.274 e. The summed E-state index contributed by atoms with van der Waals surface area (Å²) in [4.78, 5) is 14.6. The van der Waals surface area contributed by atoms with E-state index in [1.54, 1.807) is 11.0 Å². The van der Waals surface area contributed by atoms with E-state index in [-0.39, 0.29) is 5.91 Å². The second kappa shape index (κ2) is 6.48. The highest BCUT2D eigenvalue weighted by Crippen LogP contribution is 2.20. The highest BCUT2D eigenvalue weighted by Gasteiger charge is 2.20. The average molecular weight is 285 g/mol. The van der Waals surface area contributed by atoms with Crippen molar-refractivity contribution in [3.8, 4) is 0 Å². The molecule has 0 spiro atoms. The maximum atomic E-state index is 12.8. The molecule has 112 valence electrons. The Kier molecular flexibility index (Phi) is 4.68. The number of rotatable bonds is 5. The van der Waals surface area contributed by atoms with Gasteiger partial charge in [0.25, 0.3) is 5.91 Å². The molecule has 0 aliphatic rings. The van der Waals surface area contributed by atoms with E-state index < -0.39 is 0 Å². The molecule has 4 heteroatoms. The monoisotopic (exact) mass is 285 g/mol. The number of hydrogen-bond donors (Lipinski definition) is 1. The first kappa shape index (κ1) is 15.2. The van der Waals surface area contributed by atoms with Crippen molar-refractivity contribution in [3.63, 3.8) is 0 Å². The summed E-state index contributed by atoms with van der Waals surface area (Å²) in [7, 11) is 0. The smallest absolute Gasteiger partial charge is 0.274 e. The summed E-state index contributed by atoms with van der Waals surface area (Å²) in [5, 5.41) is 0. The number of hydrogen-bond acceptors (Lipinski definition) is 2. The van der Waals surface area contributed by atoms with E-state index in [4.69, 9.17) is 5.73 Å². The molecule has 1 aromatic carbocycles. The molecule has 0 saturated carbocycles. The average Bonchev–Trinajstić information content (AvgIpc) is 2.83. The fourth-order valence-corrected chi connectivity index (χ4v) is 2.44. The summed E-state index contributed by atoms with van der Waals surface area (Å²) in [6.45, 7) is 7.52. The van der Waals surface area contributed by atoms with E-state index in [1.807, 2.05) is 48.9 Å². The molecule has 0 radical (unpaired) electrons. The Morgan fingerprint density at radius 1 is 1.24 bits per heavy atom. The molecule has 1 amide bonds. The SMILES string of the molecule is CCCn1cc(N)cc1C(=O)N(CC)c1ccc(C)cc1. The van der Waals surface area contributed by atoms with Gasteiger partial charge in [-0.3, -0.25) is 4.79 Å². The molecule has 2 rings (SSSR count). The van der Waals surface area contributed by atoms with Crippen LogP contribution in [0.4, 0.5) is 11.4 Å². The van der Waals surface area contributed by atoms with E-state index in [9.17, 15) is 4.79 Å². The minimum Gasteiger partial charge on any atom is -0.397 e. The van der Waals surface area contributed by atoms with Gasteiger partial charge in [0.2, 0.25) is 0 Å². The molecule has 1 heterocycles. The minimum absolute atomic E-state index is 0.00787. The predicted molar refractivity (Wildman–Crippen MR) is 87.7 cm³/mol. The van der Waals surface area contributed by atoms with Gasteiger partial charge in [-0.15, -0.1) is 0 Å². The number of amides is 1. The third kappa shape index (κ3) is 3.27. The first-order chi connectivity index (χ1) is 10.1. The van der Waals surface area contributed by atoms with E-state index >= 15 is 0 Å². The lowest BCUT2D eigenvalue weighted by Gasteiger charge is -2.22. The van der Waals surface area contributed by atoms with E-state index in [1.165, 1.54) is 5.56 Å². The van der Waals surface area contributed by atoms with Crippen molar-refractivity contribution in [2.24, 2.45) is 0 Å². The molecule has 0 bridgehead atoms. The van der Waals surface area contributed by atoms with Gasteiger partial charge in [-0.1, -0.05) is 24.6 Å². The van der Waals surface area contributed by atoms with Gasteiger partial charge in [-0.05, 0) is 38.5 Å². The van der Waals surface area contributed by atoms with Crippen LogP contribution in [0.1, 0.15) is 36.3 Å². The summed E-state index contributed by atoms with van der Waals surface area (Å²) in [6, 6.07) is 9.75. The zero-order valence-electron chi connectivity index (χ0n) is 13.0. The van der Waals surface area contributed by atoms with Gasteiger partial charge in [-0.2, -0.15) is 0 Å². The van der Waals surface area contributed by atoms with Gasteiger partial charge in [0, 0.05) is 25.0 Å². The van der Waals surface area contributed by atoms with Gasteiger partial charge in [0.15, 0.2) is 0 Å². The molecule has 0 unspecified atom stereocenters. The maximum absolute atomic E-state index is 12.8. The minimum atomic E-state index is -0.00787. The number of nitrogens with two attached hydrogens (primary N) is 1.